The minimum absolute atomic E-state index is 0.0247. The van der Waals surface area contributed by atoms with Crippen LogP contribution in [0.25, 0.3) is 0 Å². The van der Waals surface area contributed by atoms with Gasteiger partial charge in [-0.2, -0.15) is 0 Å². The van der Waals surface area contributed by atoms with Gasteiger partial charge in [0, 0.05) is 11.9 Å². The predicted octanol–water partition coefficient (Wildman–Crippen LogP) is 4.58. The highest BCUT2D eigenvalue weighted by Crippen LogP contribution is 2.42. The standard InChI is InChI=1S/C24H22FN3O3S/c1-16-14-18(24(30)31-13-12-27-21-4-2-3-11-26-21)7-10-20(16)28-22(29)15-32-23(28)17-5-8-19(25)9-6-17/h2-11,14,23H,12-13,15H2,1H3,(H,26,27). The van der Waals surface area contributed by atoms with E-state index in [0.717, 1.165) is 16.8 Å². The van der Waals surface area contributed by atoms with Crippen LogP contribution in [0, 0.1) is 12.7 Å². The normalized spacial score (nSPS) is 15.6. The van der Waals surface area contributed by atoms with E-state index in [9.17, 15) is 14.0 Å². The molecule has 1 amide bonds. The molecule has 2 heterocycles. The number of nitrogens with zero attached hydrogens (tertiary/aromatic N) is 2. The molecule has 0 bridgehead atoms. The molecule has 1 N–H and O–H groups in total. The number of carbonyl (C=O) groups excluding carboxylic acids is 2. The molecule has 4 rings (SSSR count). The summed E-state index contributed by atoms with van der Waals surface area (Å²) in [4.78, 5) is 30.9. The second-order valence-corrected chi connectivity index (χ2v) is 8.33. The summed E-state index contributed by atoms with van der Waals surface area (Å²) >= 11 is 1.49. The van der Waals surface area contributed by atoms with Crippen LogP contribution in [-0.2, 0) is 9.53 Å². The first-order chi connectivity index (χ1) is 15.5. The summed E-state index contributed by atoms with van der Waals surface area (Å²) in [5.41, 5.74) is 2.78. The van der Waals surface area contributed by atoms with Gasteiger partial charge in [-0.15, -0.1) is 11.8 Å². The molecule has 32 heavy (non-hydrogen) atoms. The lowest BCUT2D eigenvalue weighted by atomic mass is 10.1. The molecule has 1 saturated heterocycles. The van der Waals surface area contributed by atoms with E-state index < -0.39 is 5.97 Å². The Morgan fingerprint density at radius 2 is 2.03 bits per heavy atom. The molecule has 3 aromatic rings. The first kappa shape index (κ1) is 21.8. The molecular formula is C24H22FN3O3S. The molecule has 1 aliphatic rings. The molecular weight excluding hydrogens is 429 g/mol. The van der Waals surface area contributed by atoms with Crippen molar-refractivity contribution in [2.45, 2.75) is 12.3 Å². The maximum Gasteiger partial charge on any atom is 0.338 e. The molecule has 1 aromatic heterocycles. The van der Waals surface area contributed by atoms with Crippen molar-refractivity contribution < 1.29 is 18.7 Å². The fourth-order valence-electron chi connectivity index (χ4n) is 3.48. The van der Waals surface area contributed by atoms with Gasteiger partial charge in [-0.3, -0.25) is 9.69 Å². The number of hydrogen-bond donors (Lipinski definition) is 1. The van der Waals surface area contributed by atoms with Gasteiger partial charge < -0.3 is 10.1 Å². The summed E-state index contributed by atoms with van der Waals surface area (Å²) < 4.78 is 18.7. The zero-order valence-corrected chi connectivity index (χ0v) is 18.3. The van der Waals surface area contributed by atoms with Gasteiger partial charge in [0.25, 0.3) is 0 Å². The number of amides is 1. The third-order valence-electron chi connectivity index (χ3n) is 5.02. The van der Waals surface area contributed by atoms with E-state index in [4.69, 9.17) is 4.74 Å². The van der Waals surface area contributed by atoms with Crippen molar-refractivity contribution in [1.29, 1.82) is 0 Å². The molecule has 1 aliphatic heterocycles. The van der Waals surface area contributed by atoms with E-state index in [0.29, 0.717) is 23.7 Å². The summed E-state index contributed by atoms with van der Waals surface area (Å²) in [5.74, 6) is 0.286. The van der Waals surface area contributed by atoms with Crippen LogP contribution >= 0.6 is 11.8 Å². The summed E-state index contributed by atoms with van der Waals surface area (Å²) in [6, 6.07) is 16.9. The molecule has 1 unspecified atom stereocenters. The van der Waals surface area contributed by atoms with E-state index >= 15 is 0 Å². The van der Waals surface area contributed by atoms with Crippen LogP contribution in [-0.4, -0.2) is 35.8 Å². The number of pyridine rings is 1. The van der Waals surface area contributed by atoms with Crippen molar-refractivity contribution in [1.82, 2.24) is 4.98 Å². The smallest absolute Gasteiger partial charge is 0.338 e. The highest BCUT2D eigenvalue weighted by atomic mass is 32.2. The number of carbonyl (C=O) groups is 2. The molecule has 1 atom stereocenters. The predicted molar refractivity (Wildman–Crippen MR) is 123 cm³/mol. The summed E-state index contributed by atoms with van der Waals surface area (Å²) in [7, 11) is 0. The molecule has 1 fully saturated rings. The highest BCUT2D eigenvalue weighted by Gasteiger charge is 2.35. The molecule has 164 valence electrons. The van der Waals surface area contributed by atoms with E-state index in [1.807, 2.05) is 25.1 Å². The van der Waals surface area contributed by atoms with Gasteiger partial charge in [0.05, 0.1) is 17.9 Å². The van der Waals surface area contributed by atoms with Crippen molar-refractivity contribution in [3.05, 3.63) is 89.4 Å². The van der Waals surface area contributed by atoms with Crippen LogP contribution in [0.3, 0.4) is 0 Å². The Bertz CT molecular complexity index is 1110. The van der Waals surface area contributed by atoms with Crippen LogP contribution in [0.15, 0.2) is 66.9 Å². The van der Waals surface area contributed by atoms with Crippen molar-refractivity contribution in [2.75, 3.05) is 29.1 Å². The van der Waals surface area contributed by atoms with Crippen molar-refractivity contribution in [3.63, 3.8) is 0 Å². The lowest BCUT2D eigenvalue weighted by Crippen LogP contribution is -2.28. The number of rotatable bonds is 7. The van der Waals surface area contributed by atoms with E-state index in [-0.39, 0.29) is 23.7 Å². The van der Waals surface area contributed by atoms with Gasteiger partial charge in [0.2, 0.25) is 5.91 Å². The fourth-order valence-corrected chi connectivity index (χ4v) is 4.65. The molecule has 0 saturated carbocycles. The zero-order chi connectivity index (χ0) is 22.5. The number of thioether (sulfide) groups is 1. The number of aromatic nitrogens is 1. The minimum Gasteiger partial charge on any atom is -0.460 e. The van der Waals surface area contributed by atoms with Gasteiger partial charge >= 0.3 is 5.97 Å². The zero-order valence-electron chi connectivity index (χ0n) is 17.5. The first-order valence-corrected chi connectivity index (χ1v) is 11.2. The Hall–Kier alpha value is -3.39. The van der Waals surface area contributed by atoms with E-state index in [1.165, 1.54) is 23.9 Å². The highest BCUT2D eigenvalue weighted by molar-refractivity contribution is 8.00. The van der Waals surface area contributed by atoms with Crippen LogP contribution in [0.4, 0.5) is 15.9 Å². The van der Waals surface area contributed by atoms with Crippen molar-refractivity contribution in [3.8, 4) is 0 Å². The maximum absolute atomic E-state index is 13.3. The molecule has 2 aromatic carbocycles. The lowest BCUT2D eigenvalue weighted by molar-refractivity contribution is -0.115. The largest absolute Gasteiger partial charge is 0.460 e. The number of hydrogen-bond acceptors (Lipinski definition) is 6. The quantitative estimate of drug-likeness (QED) is 0.419. The Morgan fingerprint density at radius 3 is 2.75 bits per heavy atom. The van der Waals surface area contributed by atoms with Crippen molar-refractivity contribution >= 4 is 35.1 Å². The summed E-state index contributed by atoms with van der Waals surface area (Å²) in [6.45, 7) is 2.50. The number of benzene rings is 2. The molecule has 0 spiro atoms. The first-order valence-electron chi connectivity index (χ1n) is 10.1. The lowest BCUT2D eigenvalue weighted by Gasteiger charge is -2.26. The number of aryl methyl sites for hydroxylation is 1. The summed E-state index contributed by atoms with van der Waals surface area (Å²) in [6.07, 6.45) is 1.68. The maximum atomic E-state index is 13.3. The average molecular weight is 452 g/mol. The topological polar surface area (TPSA) is 71.5 Å². The van der Waals surface area contributed by atoms with Gasteiger partial charge in [0.1, 0.15) is 23.6 Å². The SMILES string of the molecule is Cc1cc(C(=O)OCCNc2ccccn2)ccc1N1C(=O)CSC1c1ccc(F)cc1. The summed E-state index contributed by atoms with van der Waals surface area (Å²) in [5, 5.41) is 2.84. The van der Waals surface area contributed by atoms with Crippen LogP contribution in [0.5, 0.6) is 0 Å². The molecule has 0 aliphatic carbocycles. The Labute approximate surface area is 189 Å². The number of anilines is 2. The van der Waals surface area contributed by atoms with Crippen LogP contribution < -0.4 is 10.2 Å². The minimum atomic E-state index is -0.431. The number of halogens is 1. The van der Waals surface area contributed by atoms with Gasteiger partial charge in [-0.05, 0) is 60.5 Å². The average Bonchev–Trinajstić information content (AvgIpc) is 3.18. The third kappa shape index (κ3) is 4.91. The van der Waals surface area contributed by atoms with Gasteiger partial charge in [-0.25, -0.2) is 14.2 Å². The third-order valence-corrected chi connectivity index (χ3v) is 6.23. The Balaban J connectivity index is 1.42. The Kier molecular flexibility index (Phi) is 6.70. The van der Waals surface area contributed by atoms with E-state index in [1.54, 1.807) is 41.4 Å². The fraction of sp³-hybridized carbons (Fsp3) is 0.208. The van der Waals surface area contributed by atoms with Crippen LogP contribution in [0.2, 0.25) is 0 Å². The second kappa shape index (κ2) is 9.82. The Morgan fingerprint density at radius 1 is 1.22 bits per heavy atom. The van der Waals surface area contributed by atoms with Crippen molar-refractivity contribution in [2.24, 2.45) is 0 Å². The molecule has 6 nitrogen and oxygen atoms in total. The molecule has 0 radical (unpaired) electrons. The monoisotopic (exact) mass is 451 g/mol. The number of esters is 1. The van der Waals surface area contributed by atoms with Gasteiger partial charge in [-0.1, -0.05) is 18.2 Å². The molecule has 8 heteroatoms. The van der Waals surface area contributed by atoms with E-state index in [2.05, 4.69) is 10.3 Å². The van der Waals surface area contributed by atoms with Gasteiger partial charge in [0.15, 0.2) is 0 Å². The van der Waals surface area contributed by atoms with Crippen LogP contribution in [0.1, 0.15) is 26.9 Å². The number of ether oxygens (including phenoxy) is 1. The number of nitrogens with one attached hydrogen (secondary N) is 1. The second-order valence-electron chi connectivity index (χ2n) is 7.26.